The van der Waals surface area contributed by atoms with E-state index in [9.17, 15) is 9.59 Å². The maximum Gasteiger partial charge on any atom is 0.408 e. The summed E-state index contributed by atoms with van der Waals surface area (Å²) in [7, 11) is 0. The van der Waals surface area contributed by atoms with Crippen molar-refractivity contribution in [3.05, 3.63) is 60.1 Å². The van der Waals surface area contributed by atoms with Gasteiger partial charge in [-0.2, -0.15) is 0 Å². The number of hydrogen-bond donors (Lipinski definition) is 1. The molecule has 2 unspecified atom stereocenters. The van der Waals surface area contributed by atoms with Gasteiger partial charge >= 0.3 is 6.09 Å². The van der Waals surface area contributed by atoms with E-state index in [4.69, 9.17) is 9.15 Å². The smallest absolute Gasteiger partial charge is 0.408 e. The number of amides is 2. The summed E-state index contributed by atoms with van der Waals surface area (Å²) in [5.41, 5.74) is 0.0988. The average molecular weight is 370 g/mol. The number of likely N-dealkylation sites (tertiary alicyclic amines) is 1. The fraction of sp³-hybridized carbons (Fsp3) is 0.429. The van der Waals surface area contributed by atoms with Gasteiger partial charge in [-0.1, -0.05) is 30.3 Å². The molecule has 1 aliphatic rings. The number of ether oxygens (including phenoxy) is 1. The molecule has 144 valence electrons. The second-order valence-electron chi connectivity index (χ2n) is 7.78. The number of rotatable bonds is 4. The summed E-state index contributed by atoms with van der Waals surface area (Å²) in [6, 6.07) is 12.3. The first-order valence-corrected chi connectivity index (χ1v) is 9.20. The van der Waals surface area contributed by atoms with E-state index in [0.717, 1.165) is 17.7 Å². The van der Waals surface area contributed by atoms with Crippen LogP contribution in [0.25, 0.3) is 0 Å². The number of furan rings is 1. The van der Waals surface area contributed by atoms with Crippen LogP contribution in [-0.4, -0.2) is 35.6 Å². The molecule has 0 radical (unpaired) electrons. The van der Waals surface area contributed by atoms with Crippen LogP contribution in [0.15, 0.2) is 53.1 Å². The summed E-state index contributed by atoms with van der Waals surface area (Å²) >= 11 is 0. The predicted molar refractivity (Wildman–Crippen MR) is 101 cm³/mol. The number of alkyl carbamates (subject to hydrolysis) is 1. The average Bonchev–Trinajstić information content (AvgIpc) is 3.29. The van der Waals surface area contributed by atoms with Gasteiger partial charge in [-0.15, -0.1) is 0 Å². The van der Waals surface area contributed by atoms with Crippen LogP contribution >= 0.6 is 0 Å². The van der Waals surface area contributed by atoms with Crippen LogP contribution in [0.2, 0.25) is 0 Å². The number of carbonyl (C=O) groups is 2. The highest BCUT2D eigenvalue weighted by Gasteiger charge is 2.34. The summed E-state index contributed by atoms with van der Waals surface area (Å²) < 4.78 is 10.8. The molecule has 1 fully saturated rings. The zero-order valence-electron chi connectivity index (χ0n) is 16.0. The lowest BCUT2D eigenvalue weighted by Crippen LogP contribution is -2.43. The molecule has 1 aliphatic heterocycles. The fourth-order valence-electron chi connectivity index (χ4n) is 3.26. The maximum atomic E-state index is 13.2. The molecule has 0 spiro atoms. The number of nitrogens with one attached hydrogen (secondary N) is 1. The van der Waals surface area contributed by atoms with Gasteiger partial charge in [-0.25, -0.2) is 4.79 Å². The van der Waals surface area contributed by atoms with Crippen LogP contribution in [-0.2, 0) is 9.53 Å². The Kier molecular flexibility index (Phi) is 5.54. The van der Waals surface area contributed by atoms with E-state index in [1.165, 1.54) is 0 Å². The van der Waals surface area contributed by atoms with Gasteiger partial charge in [-0.3, -0.25) is 4.79 Å². The lowest BCUT2D eigenvalue weighted by molar-refractivity contribution is -0.132. The first kappa shape index (κ1) is 19.0. The topological polar surface area (TPSA) is 71.8 Å². The van der Waals surface area contributed by atoms with Gasteiger partial charge in [0.1, 0.15) is 17.4 Å². The Labute approximate surface area is 159 Å². The zero-order valence-corrected chi connectivity index (χ0v) is 16.0. The van der Waals surface area contributed by atoms with Crippen LogP contribution in [0.1, 0.15) is 50.5 Å². The highest BCUT2D eigenvalue weighted by molar-refractivity contribution is 5.87. The molecule has 2 amide bonds. The molecule has 3 rings (SSSR count). The van der Waals surface area contributed by atoms with Gasteiger partial charge in [0.05, 0.1) is 6.26 Å². The van der Waals surface area contributed by atoms with Crippen LogP contribution in [0.4, 0.5) is 4.79 Å². The van der Waals surface area contributed by atoms with Crippen molar-refractivity contribution in [2.75, 3.05) is 13.1 Å². The van der Waals surface area contributed by atoms with Gasteiger partial charge in [0, 0.05) is 19.0 Å². The van der Waals surface area contributed by atoms with Crippen molar-refractivity contribution in [2.45, 2.75) is 44.8 Å². The van der Waals surface area contributed by atoms with E-state index < -0.39 is 17.7 Å². The van der Waals surface area contributed by atoms with E-state index in [0.29, 0.717) is 13.1 Å². The Bertz CT molecular complexity index is 765. The van der Waals surface area contributed by atoms with Crippen LogP contribution < -0.4 is 5.32 Å². The minimum Gasteiger partial charge on any atom is -0.469 e. The van der Waals surface area contributed by atoms with Gasteiger partial charge in [-0.05, 0) is 44.9 Å². The lowest BCUT2D eigenvalue weighted by atomic mass is 10.1. The van der Waals surface area contributed by atoms with E-state index in [1.54, 1.807) is 31.9 Å². The molecule has 27 heavy (non-hydrogen) atoms. The first-order valence-electron chi connectivity index (χ1n) is 9.20. The van der Waals surface area contributed by atoms with Crippen molar-refractivity contribution in [3.63, 3.8) is 0 Å². The molecule has 1 N–H and O–H groups in total. The number of hydrogen-bond acceptors (Lipinski definition) is 4. The SMILES string of the molecule is CC(C)(C)OC(=O)NC(C(=O)N1CCC(c2ccco2)C1)c1ccccc1. The minimum absolute atomic E-state index is 0.138. The van der Waals surface area contributed by atoms with Crippen molar-refractivity contribution in [3.8, 4) is 0 Å². The molecule has 0 aliphatic carbocycles. The van der Waals surface area contributed by atoms with Gasteiger partial charge < -0.3 is 19.4 Å². The molecule has 1 aromatic carbocycles. The van der Waals surface area contributed by atoms with Crippen molar-refractivity contribution in [2.24, 2.45) is 0 Å². The third kappa shape index (κ3) is 4.90. The second kappa shape index (κ2) is 7.86. The number of carbonyl (C=O) groups excluding carboxylic acids is 2. The van der Waals surface area contributed by atoms with Crippen molar-refractivity contribution in [1.82, 2.24) is 10.2 Å². The Morgan fingerprint density at radius 3 is 2.56 bits per heavy atom. The molecule has 2 aromatic rings. The van der Waals surface area contributed by atoms with E-state index in [1.807, 2.05) is 42.5 Å². The molecule has 1 saturated heterocycles. The highest BCUT2D eigenvalue weighted by Crippen LogP contribution is 2.29. The van der Waals surface area contributed by atoms with E-state index in [2.05, 4.69) is 5.32 Å². The lowest BCUT2D eigenvalue weighted by Gasteiger charge is -2.26. The molecule has 1 aromatic heterocycles. The molecule has 2 heterocycles. The van der Waals surface area contributed by atoms with Crippen molar-refractivity contribution in [1.29, 1.82) is 0 Å². The van der Waals surface area contributed by atoms with Crippen molar-refractivity contribution < 1.29 is 18.7 Å². The maximum absolute atomic E-state index is 13.2. The molecule has 0 saturated carbocycles. The quantitative estimate of drug-likeness (QED) is 0.887. The van der Waals surface area contributed by atoms with E-state index in [-0.39, 0.29) is 11.8 Å². The molecular formula is C21H26N2O4. The third-order valence-electron chi connectivity index (χ3n) is 4.49. The highest BCUT2D eigenvalue weighted by atomic mass is 16.6. The Balaban J connectivity index is 1.74. The predicted octanol–water partition coefficient (Wildman–Crippen LogP) is 3.86. The molecule has 6 nitrogen and oxygen atoms in total. The Morgan fingerprint density at radius 1 is 1.19 bits per heavy atom. The summed E-state index contributed by atoms with van der Waals surface area (Å²) in [4.78, 5) is 27.3. The normalized spacial score (nSPS) is 18.2. The van der Waals surface area contributed by atoms with Crippen LogP contribution in [0, 0.1) is 0 Å². The van der Waals surface area contributed by atoms with Crippen LogP contribution in [0.3, 0.4) is 0 Å². The van der Waals surface area contributed by atoms with Crippen LogP contribution in [0.5, 0.6) is 0 Å². The summed E-state index contributed by atoms with van der Waals surface area (Å²) in [6.45, 7) is 6.58. The fourth-order valence-corrected chi connectivity index (χ4v) is 3.26. The van der Waals surface area contributed by atoms with E-state index >= 15 is 0 Å². The van der Waals surface area contributed by atoms with Crippen molar-refractivity contribution >= 4 is 12.0 Å². The Hall–Kier alpha value is -2.76. The first-order chi connectivity index (χ1) is 12.8. The number of nitrogens with zero attached hydrogens (tertiary/aromatic N) is 1. The number of benzene rings is 1. The van der Waals surface area contributed by atoms with Gasteiger partial charge in [0.25, 0.3) is 0 Å². The summed E-state index contributed by atoms with van der Waals surface area (Å²) in [6.07, 6.45) is 1.88. The zero-order chi connectivity index (χ0) is 19.4. The summed E-state index contributed by atoms with van der Waals surface area (Å²) in [5, 5.41) is 2.74. The minimum atomic E-state index is -0.781. The monoisotopic (exact) mass is 370 g/mol. The second-order valence-corrected chi connectivity index (χ2v) is 7.78. The van der Waals surface area contributed by atoms with Gasteiger partial charge in [0.2, 0.25) is 5.91 Å². The standard InChI is InChI=1S/C21H26N2O4/c1-21(2,3)27-20(25)22-18(15-8-5-4-6-9-15)19(24)23-12-11-16(14-23)17-10-7-13-26-17/h4-10,13,16,18H,11-12,14H2,1-3H3,(H,22,25). The summed E-state index contributed by atoms with van der Waals surface area (Å²) in [5.74, 6) is 0.935. The Morgan fingerprint density at radius 2 is 1.93 bits per heavy atom. The molecular weight excluding hydrogens is 344 g/mol. The third-order valence-corrected chi connectivity index (χ3v) is 4.49. The molecule has 2 atom stereocenters. The molecule has 6 heteroatoms. The largest absolute Gasteiger partial charge is 0.469 e. The molecule has 0 bridgehead atoms. The van der Waals surface area contributed by atoms with Gasteiger partial charge in [0.15, 0.2) is 0 Å².